The van der Waals surface area contributed by atoms with Gasteiger partial charge in [0.05, 0.1) is 6.04 Å². The third-order valence-corrected chi connectivity index (χ3v) is 3.27. The summed E-state index contributed by atoms with van der Waals surface area (Å²) in [5, 5.41) is 5.80. The molecule has 1 aliphatic rings. The molecule has 0 saturated carbocycles. The van der Waals surface area contributed by atoms with Crippen LogP contribution in [0.3, 0.4) is 0 Å². The molecule has 0 spiro atoms. The van der Waals surface area contributed by atoms with Gasteiger partial charge in [-0.3, -0.25) is 9.59 Å². The molecule has 0 aliphatic carbocycles. The first kappa shape index (κ1) is 15.0. The highest BCUT2D eigenvalue weighted by atomic mass is 19.1. The molecule has 2 rings (SSSR count). The molecule has 1 aliphatic heterocycles. The summed E-state index contributed by atoms with van der Waals surface area (Å²) in [4.78, 5) is 24.5. The average Bonchev–Trinajstić information content (AvgIpc) is 2.43. The van der Waals surface area contributed by atoms with Gasteiger partial charge >= 0.3 is 0 Å². The van der Waals surface area contributed by atoms with E-state index < -0.39 is 0 Å². The highest BCUT2D eigenvalue weighted by Gasteiger charge is 2.29. The number of nitrogens with one attached hydrogen (secondary N) is 2. The van der Waals surface area contributed by atoms with Gasteiger partial charge in [-0.1, -0.05) is 6.58 Å². The summed E-state index contributed by atoms with van der Waals surface area (Å²) in [7, 11) is 0. The normalized spacial score (nSPS) is 14.2. The van der Waals surface area contributed by atoms with Crippen LogP contribution < -0.4 is 10.6 Å². The second kappa shape index (κ2) is 6.88. The first-order valence-corrected chi connectivity index (χ1v) is 6.78. The van der Waals surface area contributed by atoms with Crippen molar-refractivity contribution in [1.82, 2.24) is 10.2 Å². The topological polar surface area (TPSA) is 61.4 Å². The zero-order valence-corrected chi connectivity index (χ0v) is 11.6. The number of likely N-dealkylation sites (tertiary alicyclic amines) is 1. The molecular weight excluding hydrogens is 273 g/mol. The summed E-state index contributed by atoms with van der Waals surface area (Å²) in [6.07, 6.45) is 1.46. The van der Waals surface area contributed by atoms with Crippen LogP contribution in [-0.4, -0.2) is 42.4 Å². The van der Waals surface area contributed by atoms with Crippen LogP contribution in [0.1, 0.15) is 6.42 Å². The molecule has 0 unspecified atom stereocenters. The molecule has 1 heterocycles. The van der Waals surface area contributed by atoms with Crippen molar-refractivity contribution >= 4 is 17.5 Å². The maximum Gasteiger partial charge on any atom is 0.243 e. The fourth-order valence-electron chi connectivity index (χ4n) is 2.08. The van der Waals surface area contributed by atoms with E-state index in [1.165, 1.54) is 18.2 Å². The Hall–Kier alpha value is -2.37. The minimum atomic E-state index is -0.276. The smallest absolute Gasteiger partial charge is 0.243 e. The van der Waals surface area contributed by atoms with Gasteiger partial charge in [-0.15, -0.1) is 0 Å². The zero-order chi connectivity index (χ0) is 15.2. The van der Waals surface area contributed by atoms with Gasteiger partial charge in [-0.2, -0.15) is 0 Å². The maximum atomic E-state index is 12.8. The van der Waals surface area contributed by atoms with Crippen LogP contribution in [0.4, 0.5) is 10.1 Å². The number of hydrogen-bond donors (Lipinski definition) is 2. The molecule has 1 aromatic rings. The third kappa shape index (κ3) is 4.30. The summed E-state index contributed by atoms with van der Waals surface area (Å²) >= 11 is 0. The Morgan fingerprint density at radius 1 is 1.33 bits per heavy atom. The fraction of sp³-hybridized carbons (Fsp3) is 0.333. The highest BCUT2D eigenvalue weighted by molar-refractivity contribution is 5.87. The lowest BCUT2D eigenvalue weighted by Gasteiger charge is -2.40. The van der Waals surface area contributed by atoms with Crippen molar-refractivity contribution in [3.8, 4) is 0 Å². The van der Waals surface area contributed by atoms with Gasteiger partial charge < -0.3 is 15.5 Å². The number of anilines is 1. The van der Waals surface area contributed by atoms with Crippen molar-refractivity contribution in [2.24, 2.45) is 0 Å². The number of carbonyl (C=O) groups is 2. The van der Waals surface area contributed by atoms with Gasteiger partial charge in [0.2, 0.25) is 11.8 Å². The SMILES string of the molecule is C=CC(=O)NCCC(=O)N1CC(Nc2ccc(F)cc2)C1. The molecule has 0 bridgehead atoms. The van der Waals surface area contributed by atoms with Gasteiger partial charge in [0, 0.05) is 31.7 Å². The predicted molar refractivity (Wildman–Crippen MR) is 78.2 cm³/mol. The van der Waals surface area contributed by atoms with Gasteiger partial charge in [-0.05, 0) is 30.3 Å². The summed E-state index contributed by atoms with van der Waals surface area (Å²) < 4.78 is 12.8. The van der Waals surface area contributed by atoms with Gasteiger partial charge in [0.1, 0.15) is 5.82 Å². The van der Waals surface area contributed by atoms with Crippen LogP contribution in [0, 0.1) is 5.82 Å². The molecule has 2 N–H and O–H groups in total. The minimum absolute atomic E-state index is 0.0107. The van der Waals surface area contributed by atoms with E-state index in [9.17, 15) is 14.0 Å². The molecule has 0 atom stereocenters. The van der Waals surface area contributed by atoms with Crippen molar-refractivity contribution in [2.45, 2.75) is 12.5 Å². The molecular formula is C15H18FN3O2. The Balaban J connectivity index is 1.66. The van der Waals surface area contributed by atoms with E-state index in [0.717, 1.165) is 5.69 Å². The minimum Gasteiger partial charge on any atom is -0.379 e. The number of nitrogens with zero attached hydrogens (tertiary/aromatic N) is 1. The number of hydrogen-bond acceptors (Lipinski definition) is 3. The van der Waals surface area contributed by atoms with Crippen LogP contribution in [0.25, 0.3) is 0 Å². The molecule has 1 saturated heterocycles. The quantitative estimate of drug-likeness (QED) is 0.773. The van der Waals surface area contributed by atoms with E-state index in [0.29, 0.717) is 19.6 Å². The Labute approximate surface area is 122 Å². The average molecular weight is 291 g/mol. The lowest BCUT2D eigenvalue weighted by molar-refractivity contribution is -0.135. The number of amides is 2. The summed E-state index contributed by atoms with van der Waals surface area (Å²) in [5.41, 5.74) is 0.840. The Morgan fingerprint density at radius 2 is 2.00 bits per heavy atom. The molecule has 5 nitrogen and oxygen atoms in total. The number of carbonyl (C=O) groups excluding carboxylic acids is 2. The zero-order valence-electron chi connectivity index (χ0n) is 11.6. The van der Waals surface area contributed by atoms with Crippen LogP contribution in [0.5, 0.6) is 0 Å². The van der Waals surface area contributed by atoms with E-state index in [2.05, 4.69) is 17.2 Å². The van der Waals surface area contributed by atoms with Gasteiger partial charge in [0.15, 0.2) is 0 Å². The molecule has 1 aromatic carbocycles. The highest BCUT2D eigenvalue weighted by Crippen LogP contribution is 2.16. The number of halogens is 1. The molecule has 2 amide bonds. The van der Waals surface area contributed by atoms with Crippen molar-refractivity contribution in [1.29, 1.82) is 0 Å². The van der Waals surface area contributed by atoms with E-state index in [-0.39, 0.29) is 30.1 Å². The number of benzene rings is 1. The lowest BCUT2D eigenvalue weighted by Crippen LogP contribution is -2.57. The van der Waals surface area contributed by atoms with Crippen molar-refractivity contribution in [2.75, 3.05) is 25.0 Å². The first-order chi connectivity index (χ1) is 10.1. The lowest BCUT2D eigenvalue weighted by atomic mass is 10.1. The van der Waals surface area contributed by atoms with E-state index in [1.54, 1.807) is 17.0 Å². The van der Waals surface area contributed by atoms with Gasteiger partial charge in [0.25, 0.3) is 0 Å². The largest absolute Gasteiger partial charge is 0.379 e. The van der Waals surface area contributed by atoms with Crippen LogP contribution >= 0.6 is 0 Å². The van der Waals surface area contributed by atoms with E-state index in [1.807, 2.05) is 0 Å². The molecule has 21 heavy (non-hydrogen) atoms. The molecule has 1 fully saturated rings. The second-order valence-electron chi connectivity index (χ2n) is 4.89. The van der Waals surface area contributed by atoms with Crippen molar-refractivity contribution < 1.29 is 14.0 Å². The standard InChI is InChI=1S/C15H18FN3O2/c1-2-14(20)17-8-7-15(21)19-9-13(10-19)18-12-5-3-11(16)4-6-12/h2-6,13,18H,1,7-10H2,(H,17,20). The maximum absolute atomic E-state index is 12.8. The second-order valence-corrected chi connectivity index (χ2v) is 4.89. The monoisotopic (exact) mass is 291 g/mol. The van der Waals surface area contributed by atoms with Gasteiger partial charge in [-0.25, -0.2) is 4.39 Å². The predicted octanol–water partition coefficient (Wildman–Crippen LogP) is 1.14. The number of rotatable bonds is 6. The van der Waals surface area contributed by atoms with E-state index >= 15 is 0 Å². The van der Waals surface area contributed by atoms with Crippen molar-refractivity contribution in [3.63, 3.8) is 0 Å². The van der Waals surface area contributed by atoms with Crippen LogP contribution in [0.2, 0.25) is 0 Å². The Kier molecular flexibility index (Phi) is 4.92. The molecule has 112 valence electrons. The van der Waals surface area contributed by atoms with Crippen LogP contribution in [0.15, 0.2) is 36.9 Å². The summed E-state index contributed by atoms with van der Waals surface area (Å²) in [5.74, 6) is -0.536. The Bertz CT molecular complexity index is 524. The third-order valence-electron chi connectivity index (χ3n) is 3.27. The molecule has 0 radical (unpaired) electrons. The van der Waals surface area contributed by atoms with Crippen LogP contribution in [-0.2, 0) is 9.59 Å². The molecule has 6 heteroatoms. The summed E-state index contributed by atoms with van der Waals surface area (Å²) in [6.45, 7) is 4.89. The Morgan fingerprint density at radius 3 is 2.62 bits per heavy atom. The molecule has 0 aromatic heterocycles. The fourth-order valence-corrected chi connectivity index (χ4v) is 2.08. The van der Waals surface area contributed by atoms with E-state index in [4.69, 9.17) is 0 Å². The summed E-state index contributed by atoms with van der Waals surface area (Å²) in [6, 6.07) is 6.32. The first-order valence-electron chi connectivity index (χ1n) is 6.78. The van der Waals surface area contributed by atoms with Crippen molar-refractivity contribution in [3.05, 3.63) is 42.7 Å².